The molecule has 2 aliphatic rings. The fraction of sp³-hybridized carbons (Fsp3) is 0.538. The highest BCUT2D eigenvalue weighted by Crippen LogP contribution is 2.29. The van der Waals surface area contributed by atoms with Crippen LogP contribution in [-0.2, 0) is 0 Å². The zero-order valence-corrected chi connectivity index (χ0v) is 20.7. The molecule has 4 rings (SSSR count). The molecule has 1 atom stereocenters. The SMILES string of the molecule is Cc1cccc(C(=O)N2CCCN(C(=O)NCC(c3cccs3)N3CCC(C)CC3)CC2)c1. The largest absolute Gasteiger partial charge is 0.337 e. The van der Waals surface area contributed by atoms with E-state index < -0.39 is 0 Å². The average Bonchev–Trinajstić information content (AvgIpc) is 3.23. The van der Waals surface area contributed by atoms with E-state index in [0.29, 0.717) is 32.7 Å². The Hall–Kier alpha value is -2.38. The van der Waals surface area contributed by atoms with Gasteiger partial charge in [-0.3, -0.25) is 9.69 Å². The zero-order valence-electron chi connectivity index (χ0n) is 19.8. The van der Waals surface area contributed by atoms with Gasteiger partial charge in [0.2, 0.25) is 0 Å². The molecule has 6 nitrogen and oxygen atoms in total. The van der Waals surface area contributed by atoms with Crippen LogP contribution in [0.25, 0.3) is 0 Å². The summed E-state index contributed by atoms with van der Waals surface area (Å²) in [6.45, 7) is 9.60. The molecular formula is C26H36N4O2S. The Balaban J connectivity index is 1.32. The number of hydrogen-bond donors (Lipinski definition) is 1. The van der Waals surface area contributed by atoms with E-state index >= 15 is 0 Å². The first kappa shape index (κ1) is 23.8. The Morgan fingerprint density at radius 1 is 1.03 bits per heavy atom. The molecule has 0 radical (unpaired) electrons. The molecule has 1 aromatic heterocycles. The van der Waals surface area contributed by atoms with Gasteiger partial charge in [-0.05, 0) is 68.8 Å². The third-order valence-electron chi connectivity index (χ3n) is 6.91. The van der Waals surface area contributed by atoms with E-state index in [9.17, 15) is 9.59 Å². The van der Waals surface area contributed by atoms with Crippen molar-refractivity contribution in [3.63, 3.8) is 0 Å². The Kier molecular flexibility index (Phi) is 8.04. The second-order valence-corrected chi connectivity index (χ2v) is 10.4. The Morgan fingerprint density at radius 2 is 1.79 bits per heavy atom. The number of nitrogens with zero attached hydrogens (tertiary/aromatic N) is 3. The summed E-state index contributed by atoms with van der Waals surface area (Å²) in [7, 11) is 0. The molecule has 3 heterocycles. The molecule has 2 aliphatic heterocycles. The molecule has 7 heteroatoms. The molecule has 0 saturated carbocycles. The van der Waals surface area contributed by atoms with Crippen molar-refractivity contribution in [3.05, 3.63) is 57.8 Å². The third kappa shape index (κ3) is 6.15. The van der Waals surface area contributed by atoms with Crippen molar-refractivity contribution < 1.29 is 9.59 Å². The minimum Gasteiger partial charge on any atom is -0.337 e. The number of thiophene rings is 1. The topological polar surface area (TPSA) is 55.9 Å². The van der Waals surface area contributed by atoms with Crippen LogP contribution in [0.1, 0.15) is 53.0 Å². The number of urea groups is 1. The Morgan fingerprint density at radius 3 is 2.52 bits per heavy atom. The molecule has 0 aliphatic carbocycles. The van der Waals surface area contributed by atoms with Crippen molar-refractivity contribution in [2.75, 3.05) is 45.8 Å². The molecule has 3 amide bonds. The third-order valence-corrected chi connectivity index (χ3v) is 7.89. The Bertz CT molecular complexity index is 924. The monoisotopic (exact) mass is 468 g/mol. The zero-order chi connectivity index (χ0) is 23.2. The number of likely N-dealkylation sites (tertiary alicyclic amines) is 1. The highest BCUT2D eigenvalue weighted by Gasteiger charge is 2.27. The lowest BCUT2D eigenvalue weighted by Crippen LogP contribution is -2.46. The highest BCUT2D eigenvalue weighted by molar-refractivity contribution is 7.10. The second-order valence-electron chi connectivity index (χ2n) is 9.44. The first-order chi connectivity index (χ1) is 16.0. The maximum atomic E-state index is 13.0. The van der Waals surface area contributed by atoms with Crippen molar-refractivity contribution in [1.29, 1.82) is 0 Å². The predicted molar refractivity (Wildman–Crippen MR) is 134 cm³/mol. The summed E-state index contributed by atoms with van der Waals surface area (Å²) >= 11 is 1.77. The Labute approximate surface area is 201 Å². The molecule has 1 N–H and O–H groups in total. The smallest absolute Gasteiger partial charge is 0.317 e. The minimum absolute atomic E-state index is 0.0215. The number of aryl methyl sites for hydroxylation is 1. The summed E-state index contributed by atoms with van der Waals surface area (Å²) in [4.78, 5) is 33.6. The van der Waals surface area contributed by atoms with Gasteiger partial charge in [-0.1, -0.05) is 30.7 Å². The molecule has 2 fully saturated rings. The predicted octanol–water partition coefficient (Wildman–Crippen LogP) is 4.39. The van der Waals surface area contributed by atoms with Gasteiger partial charge in [0.15, 0.2) is 0 Å². The number of benzene rings is 1. The quantitative estimate of drug-likeness (QED) is 0.708. The maximum Gasteiger partial charge on any atom is 0.317 e. The molecule has 1 unspecified atom stereocenters. The number of hydrogen-bond acceptors (Lipinski definition) is 4. The van der Waals surface area contributed by atoms with Gasteiger partial charge >= 0.3 is 6.03 Å². The summed E-state index contributed by atoms with van der Waals surface area (Å²) in [5.74, 6) is 0.834. The van der Waals surface area contributed by atoms with Gasteiger partial charge < -0.3 is 15.1 Å². The molecule has 2 aromatic rings. The van der Waals surface area contributed by atoms with Gasteiger partial charge in [0.1, 0.15) is 0 Å². The first-order valence-electron chi connectivity index (χ1n) is 12.2. The van der Waals surface area contributed by atoms with Crippen molar-refractivity contribution in [3.8, 4) is 0 Å². The number of nitrogens with one attached hydrogen (secondary N) is 1. The van der Waals surface area contributed by atoms with Crippen LogP contribution in [0.3, 0.4) is 0 Å². The van der Waals surface area contributed by atoms with E-state index in [1.807, 2.05) is 41.0 Å². The second kappa shape index (κ2) is 11.2. The normalized spacial score (nSPS) is 19.2. The maximum absolute atomic E-state index is 13.0. The summed E-state index contributed by atoms with van der Waals surface area (Å²) in [6.07, 6.45) is 3.23. The van der Waals surface area contributed by atoms with Gasteiger partial charge in [-0.25, -0.2) is 4.79 Å². The number of amides is 3. The van der Waals surface area contributed by atoms with Crippen molar-refractivity contribution in [1.82, 2.24) is 20.0 Å². The summed E-state index contributed by atoms with van der Waals surface area (Å²) in [5.41, 5.74) is 1.81. The average molecular weight is 469 g/mol. The number of piperidine rings is 1. The van der Waals surface area contributed by atoms with Crippen LogP contribution in [0.5, 0.6) is 0 Å². The van der Waals surface area contributed by atoms with Crippen LogP contribution in [0.15, 0.2) is 41.8 Å². The van der Waals surface area contributed by atoms with Crippen LogP contribution in [0, 0.1) is 12.8 Å². The highest BCUT2D eigenvalue weighted by atomic mass is 32.1. The summed E-state index contributed by atoms with van der Waals surface area (Å²) in [5, 5.41) is 5.33. The van der Waals surface area contributed by atoms with Crippen LogP contribution in [0.4, 0.5) is 4.79 Å². The first-order valence-corrected chi connectivity index (χ1v) is 13.1. The summed E-state index contributed by atoms with van der Waals surface area (Å²) in [6, 6.07) is 12.2. The molecule has 0 spiro atoms. The van der Waals surface area contributed by atoms with Crippen LogP contribution >= 0.6 is 11.3 Å². The fourth-order valence-electron chi connectivity index (χ4n) is 4.81. The molecule has 0 bridgehead atoms. The van der Waals surface area contributed by atoms with Crippen LogP contribution in [-0.4, -0.2) is 72.5 Å². The van der Waals surface area contributed by atoms with E-state index in [0.717, 1.165) is 36.6 Å². The molecule has 33 heavy (non-hydrogen) atoms. The van der Waals surface area contributed by atoms with E-state index in [4.69, 9.17) is 0 Å². The number of rotatable bonds is 5. The lowest BCUT2D eigenvalue weighted by atomic mass is 9.97. The van der Waals surface area contributed by atoms with Crippen molar-refractivity contribution in [2.24, 2.45) is 5.92 Å². The van der Waals surface area contributed by atoms with E-state index in [2.05, 4.69) is 34.7 Å². The molecular weight excluding hydrogens is 432 g/mol. The lowest BCUT2D eigenvalue weighted by Gasteiger charge is -2.36. The molecule has 1 aromatic carbocycles. The summed E-state index contributed by atoms with van der Waals surface area (Å²) < 4.78 is 0. The van der Waals surface area contributed by atoms with Crippen LogP contribution < -0.4 is 5.32 Å². The standard InChI is InChI=1S/C26H36N4O2S/c1-20-9-13-28(14-10-20)23(24-8-4-17-33-24)19-27-26(32)30-12-5-11-29(15-16-30)25(31)22-7-3-6-21(2)18-22/h3-4,6-8,17-18,20,23H,5,9-16,19H2,1-2H3,(H,27,32). The van der Waals surface area contributed by atoms with Gasteiger partial charge in [-0.15, -0.1) is 11.3 Å². The van der Waals surface area contributed by atoms with Gasteiger partial charge in [-0.2, -0.15) is 0 Å². The minimum atomic E-state index is -0.0215. The van der Waals surface area contributed by atoms with Gasteiger partial charge in [0.25, 0.3) is 5.91 Å². The number of carbonyl (C=O) groups excluding carboxylic acids is 2. The van der Waals surface area contributed by atoms with E-state index in [1.165, 1.54) is 17.7 Å². The molecule has 178 valence electrons. The fourth-order valence-corrected chi connectivity index (χ4v) is 5.67. The van der Waals surface area contributed by atoms with Crippen LogP contribution in [0.2, 0.25) is 0 Å². The number of carbonyl (C=O) groups is 2. The van der Waals surface area contributed by atoms with Crippen molar-refractivity contribution in [2.45, 2.75) is 39.2 Å². The lowest BCUT2D eigenvalue weighted by molar-refractivity contribution is 0.0762. The molecule has 2 saturated heterocycles. The van der Waals surface area contributed by atoms with Crippen molar-refractivity contribution >= 4 is 23.3 Å². The van der Waals surface area contributed by atoms with Gasteiger partial charge in [0, 0.05) is 43.2 Å². The van der Waals surface area contributed by atoms with Gasteiger partial charge in [0.05, 0.1) is 6.04 Å². The van der Waals surface area contributed by atoms with E-state index in [-0.39, 0.29) is 18.0 Å². The van der Waals surface area contributed by atoms with E-state index in [1.54, 1.807) is 11.3 Å².